The molecule has 0 aromatic carbocycles. The number of pyridine rings is 1. The van der Waals surface area contributed by atoms with Gasteiger partial charge in [-0.15, -0.1) is 0 Å². The molecule has 1 amide bonds. The molecule has 18 heavy (non-hydrogen) atoms. The van der Waals surface area contributed by atoms with E-state index in [0.29, 0.717) is 22.7 Å². The number of rotatable bonds is 1. The molecule has 2 atom stereocenters. The van der Waals surface area contributed by atoms with Crippen LogP contribution in [0.15, 0.2) is 18.3 Å². The Bertz CT molecular complexity index is 463. The molecule has 2 unspecified atom stereocenters. The number of nitrogens with zero attached hydrogens (tertiary/aromatic N) is 2. The zero-order chi connectivity index (χ0) is 12.5. The van der Waals surface area contributed by atoms with E-state index < -0.39 is 0 Å². The van der Waals surface area contributed by atoms with Gasteiger partial charge in [-0.05, 0) is 43.7 Å². The maximum atomic E-state index is 12.5. The molecule has 3 nitrogen and oxygen atoms in total. The second kappa shape index (κ2) is 4.88. The van der Waals surface area contributed by atoms with Crippen molar-refractivity contribution in [3.63, 3.8) is 0 Å². The lowest BCUT2D eigenvalue weighted by Gasteiger charge is -2.37. The smallest absolute Gasteiger partial charge is 0.272 e. The summed E-state index contributed by atoms with van der Waals surface area (Å²) >= 11 is 5.93. The number of carbonyl (C=O) groups excluding carboxylic acids is 1. The second-order valence-electron chi connectivity index (χ2n) is 5.26. The van der Waals surface area contributed by atoms with Crippen molar-refractivity contribution in [1.82, 2.24) is 9.88 Å². The normalized spacial score (nSPS) is 27.1. The highest BCUT2D eigenvalue weighted by Crippen LogP contribution is 2.37. The Labute approximate surface area is 112 Å². The summed E-state index contributed by atoms with van der Waals surface area (Å²) in [5, 5.41) is 0.577. The van der Waals surface area contributed by atoms with Crippen LogP contribution < -0.4 is 0 Å². The van der Waals surface area contributed by atoms with Gasteiger partial charge in [0.1, 0.15) is 5.69 Å². The van der Waals surface area contributed by atoms with Crippen molar-refractivity contribution in [2.24, 2.45) is 5.92 Å². The Balaban J connectivity index is 1.83. The average Bonchev–Trinajstić information content (AvgIpc) is 2.86. The van der Waals surface area contributed by atoms with Crippen molar-refractivity contribution in [2.75, 3.05) is 6.54 Å². The lowest BCUT2D eigenvalue weighted by atomic mass is 9.92. The van der Waals surface area contributed by atoms with Gasteiger partial charge in [-0.25, -0.2) is 0 Å². The van der Waals surface area contributed by atoms with Crippen molar-refractivity contribution < 1.29 is 4.79 Å². The van der Waals surface area contributed by atoms with Gasteiger partial charge < -0.3 is 4.90 Å². The predicted octanol–water partition coefficient (Wildman–Crippen LogP) is 3.14. The molecule has 0 spiro atoms. The third-order valence-electron chi connectivity index (χ3n) is 4.20. The molecular formula is C14H17ClN2O. The third-order valence-corrected chi connectivity index (χ3v) is 4.43. The van der Waals surface area contributed by atoms with Crippen LogP contribution in [0.2, 0.25) is 5.02 Å². The summed E-state index contributed by atoms with van der Waals surface area (Å²) in [5.74, 6) is 0.760. The fourth-order valence-electron chi connectivity index (χ4n) is 3.37. The van der Waals surface area contributed by atoms with E-state index in [4.69, 9.17) is 11.6 Å². The van der Waals surface area contributed by atoms with Gasteiger partial charge in [-0.3, -0.25) is 9.78 Å². The Morgan fingerprint density at radius 1 is 1.33 bits per heavy atom. The summed E-state index contributed by atoms with van der Waals surface area (Å²) in [7, 11) is 0. The molecule has 2 heterocycles. The summed E-state index contributed by atoms with van der Waals surface area (Å²) in [5.41, 5.74) is 0.482. The van der Waals surface area contributed by atoms with Gasteiger partial charge in [0, 0.05) is 23.8 Å². The molecule has 1 aromatic heterocycles. The van der Waals surface area contributed by atoms with Gasteiger partial charge in [0.2, 0.25) is 0 Å². The molecule has 3 rings (SSSR count). The molecule has 0 bridgehead atoms. The van der Waals surface area contributed by atoms with Crippen molar-refractivity contribution in [3.8, 4) is 0 Å². The summed E-state index contributed by atoms with van der Waals surface area (Å²) in [4.78, 5) is 18.7. The molecule has 0 radical (unpaired) electrons. The van der Waals surface area contributed by atoms with E-state index in [1.165, 1.54) is 19.3 Å². The fraction of sp³-hybridized carbons (Fsp3) is 0.571. The van der Waals surface area contributed by atoms with E-state index in [1.807, 2.05) is 4.90 Å². The van der Waals surface area contributed by atoms with Crippen LogP contribution in [-0.4, -0.2) is 28.4 Å². The molecule has 0 N–H and O–H groups in total. The summed E-state index contributed by atoms with van der Waals surface area (Å²) < 4.78 is 0. The molecule has 96 valence electrons. The van der Waals surface area contributed by atoms with Crippen molar-refractivity contribution in [1.29, 1.82) is 0 Å². The lowest BCUT2D eigenvalue weighted by Crippen LogP contribution is -2.46. The van der Waals surface area contributed by atoms with Gasteiger partial charge in [0.25, 0.3) is 5.91 Å². The molecule has 2 aliphatic rings. The van der Waals surface area contributed by atoms with Crippen LogP contribution in [0.3, 0.4) is 0 Å². The highest BCUT2D eigenvalue weighted by Gasteiger charge is 2.37. The van der Waals surface area contributed by atoms with Gasteiger partial charge in [0.15, 0.2) is 0 Å². The highest BCUT2D eigenvalue weighted by molar-refractivity contribution is 6.30. The van der Waals surface area contributed by atoms with E-state index in [9.17, 15) is 4.79 Å². The number of halogens is 1. The molecule has 2 fully saturated rings. The molecule has 1 aliphatic heterocycles. The number of fused-ring (bicyclic) bond motifs is 1. The molecule has 1 saturated carbocycles. The number of carbonyl (C=O) groups is 1. The van der Waals surface area contributed by atoms with Crippen LogP contribution in [0.5, 0.6) is 0 Å². The first kappa shape index (κ1) is 12.0. The monoisotopic (exact) mass is 264 g/mol. The number of aromatic nitrogens is 1. The summed E-state index contributed by atoms with van der Waals surface area (Å²) in [6.45, 7) is 0.869. The van der Waals surface area contributed by atoms with Gasteiger partial charge in [-0.1, -0.05) is 18.0 Å². The minimum atomic E-state index is 0.0501. The van der Waals surface area contributed by atoms with Crippen molar-refractivity contribution in [3.05, 3.63) is 29.0 Å². The number of amides is 1. The maximum absolute atomic E-state index is 12.5. The minimum absolute atomic E-state index is 0.0501. The first-order valence-corrected chi connectivity index (χ1v) is 7.06. The molecule has 1 aliphatic carbocycles. The predicted molar refractivity (Wildman–Crippen MR) is 70.6 cm³/mol. The van der Waals surface area contributed by atoms with E-state index in [-0.39, 0.29) is 5.91 Å². The molecule has 4 heteroatoms. The summed E-state index contributed by atoms with van der Waals surface area (Å²) in [6.07, 6.45) is 7.67. The lowest BCUT2D eigenvalue weighted by molar-refractivity contribution is 0.0542. The number of piperidine rings is 1. The largest absolute Gasteiger partial charge is 0.334 e. The van der Waals surface area contributed by atoms with Crippen molar-refractivity contribution >= 4 is 17.5 Å². The number of hydrogen-bond acceptors (Lipinski definition) is 2. The minimum Gasteiger partial charge on any atom is -0.334 e. The Hall–Kier alpha value is -1.09. The highest BCUT2D eigenvalue weighted by atomic mass is 35.5. The first-order chi connectivity index (χ1) is 8.75. The van der Waals surface area contributed by atoms with Crippen LogP contribution >= 0.6 is 11.6 Å². The standard InChI is InChI=1S/C14H17ClN2O/c15-11-6-7-16-12(9-11)14(18)17-8-2-4-10-3-1-5-13(10)17/h6-7,9-10,13H,1-5,8H2. The number of hydrogen-bond donors (Lipinski definition) is 0. The van der Waals surface area contributed by atoms with Crippen LogP contribution in [0, 0.1) is 5.92 Å². The molecule has 1 aromatic rings. The van der Waals surface area contributed by atoms with E-state index >= 15 is 0 Å². The zero-order valence-electron chi connectivity index (χ0n) is 10.3. The van der Waals surface area contributed by atoms with E-state index in [1.54, 1.807) is 18.3 Å². The maximum Gasteiger partial charge on any atom is 0.272 e. The van der Waals surface area contributed by atoms with Crippen LogP contribution in [0.25, 0.3) is 0 Å². The molecular weight excluding hydrogens is 248 g/mol. The SMILES string of the molecule is O=C(c1cc(Cl)ccn1)N1CCCC2CCCC21. The van der Waals surface area contributed by atoms with Crippen LogP contribution in [0.4, 0.5) is 0 Å². The van der Waals surface area contributed by atoms with Gasteiger partial charge in [0.05, 0.1) is 0 Å². The fourth-order valence-corrected chi connectivity index (χ4v) is 3.53. The Kier molecular flexibility index (Phi) is 3.25. The van der Waals surface area contributed by atoms with Crippen molar-refractivity contribution in [2.45, 2.75) is 38.1 Å². The quantitative estimate of drug-likeness (QED) is 0.781. The van der Waals surface area contributed by atoms with E-state index in [0.717, 1.165) is 19.4 Å². The van der Waals surface area contributed by atoms with Crippen LogP contribution in [-0.2, 0) is 0 Å². The number of likely N-dealkylation sites (tertiary alicyclic amines) is 1. The topological polar surface area (TPSA) is 33.2 Å². The van der Waals surface area contributed by atoms with E-state index in [2.05, 4.69) is 4.98 Å². The van der Waals surface area contributed by atoms with Crippen LogP contribution in [0.1, 0.15) is 42.6 Å². The van der Waals surface area contributed by atoms with Gasteiger partial charge >= 0.3 is 0 Å². The Morgan fingerprint density at radius 3 is 3.00 bits per heavy atom. The molecule has 1 saturated heterocycles. The first-order valence-electron chi connectivity index (χ1n) is 6.68. The summed E-state index contributed by atoms with van der Waals surface area (Å²) in [6, 6.07) is 3.81. The third kappa shape index (κ3) is 2.12. The van der Waals surface area contributed by atoms with Gasteiger partial charge in [-0.2, -0.15) is 0 Å². The Morgan fingerprint density at radius 2 is 2.17 bits per heavy atom. The second-order valence-corrected chi connectivity index (χ2v) is 5.69. The average molecular weight is 265 g/mol. The zero-order valence-corrected chi connectivity index (χ0v) is 11.1.